The van der Waals surface area contributed by atoms with Crippen molar-refractivity contribution in [3.05, 3.63) is 52.4 Å². The third-order valence-electron chi connectivity index (χ3n) is 4.78. The number of likely N-dealkylation sites (N-methyl/N-ethyl adjacent to an activating group) is 1. The zero-order valence-electron chi connectivity index (χ0n) is 15.1. The van der Waals surface area contributed by atoms with E-state index in [4.69, 9.17) is 0 Å². The maximum absolute atomic E-state index is 12.5. The summed E-state index contributed by atoms with van der Waals surface area (Å²) in [7, 11) is 0. The number of hydrogen-bond donors (Lipinski definition) is 1. The minimum absolute atomic E-state index is 0.0258. The van der Waals surface area contributed by atoms with E-state index in [0.717, 1.165) is 50.7 Å². The first-order valence-corrected chi connectivity index (χ1v) is 9.94. The van der Waals surface area contributed by atoms with Crippen LogP contribution in [0.4, 0.5) is 5.00 Å². The lowest BCUT2D eigenvalue weighted by Crippen LogP contribution is -2.45. The molecule has 2 aromatic rings. The van der Waals surface area contributed by atoms with E-state index in [1.54, 1.807) is 11.3 Å². The van der Waals surface area contributed by atoms with Crippen LogP contribution in [0.25, 0.3) is 0 Å². The summed E-state index contributed by atoms with van der Waals surface area (Å²) in [5, 5.41) is 4.14. The third-order valence-corrected chi connectivity index (χ3v) is 6.01. The molecule has 1 saturated heterocycles. The molecule has 1 fully saturated rings. The summed E-state index contributed by atoms with van der Waals surface area (Å²) in [6.07, 6.45) is 1.00. The van der Waals surface area contributed by atoms with Crippen molar-refractivity contribution in [3.63, 3.8) is 0 Å². The van der Waals surface area contributed by atoms with Gasteiger partial charge in [0.05, 0.1) is 5.00 Å². The maximum atomic E-state index is 12.5. The van der Waals surface area contributed by atoms with Crippen molar-refractivity contribution in [1.29, 1.82) is 0 Å². The lowest BCUT2D eigenvalue weighted by Gasteiger charge is -2.34. The van der Waals surface area contributed by atoms with E-state index in [2.05, 4.69) is 35.0 Å². The van der Waals surface area contributed by atoms with Gasteiger partial charge in [0.15, 0.2) is 0 Å². The molecule has 1 aliphatic heterocycles. The fourth-order valence-corrected chi connectivity index (χ4v) is 4.16. The Hall–Kier alpha value is -1.69. The molecule has 1 aromatic carbocycles. The lowest BCUT2D eigenvalue weighted by atomic mass is 10.2. The average molecular weight is 358 g/mol. The molecule has 0 saturated carbocycles. The van der Waals surface area contributed by atoms with Gasteiger partial charge in [0.1, 0.15) is 0 Å². The average Bonchev–Trinajstić information content (AvgIpc) is 3.04. The molecule has 0 spiro atoms. The van der Waals surface area contributed by atoms with E-state index in [1.165, 1.54) is 10.4 Å². The normalized spacial score (nSPS) is 16.1. The van der Waals surface area contributed by atoms with E-state index < -0.39 is 0 Å². The van der Waals surface area contributed by atoms with Crippen molar-refractivity contribution in [1.82, 2.24) is 9.80 Å². The number of benzene rings is 1. The standard InChI is InChI=1S/C20H27N3OS/c1-3-18-14-17(15-23-12-10-22(4-2)11-13-23)20(25-18)21-19(24)16-8-6-5-7-9-16/h5-9,14H,3-4,10-13,15H2,1-2H3,(H,21,24). The van der Waals surface area contributed by atoms with E-state index in [1.807, 2.05) is 30.3 Å². The Morgan fingerprint density at radius 3 is 2.40 bits per heavy atom. The van der Waals surface area contributed by atoms with Crippen LogP contribution < -0.4 is 5.32 Å². The number of hydrogen-bond acceptors (Lipinski definition) is 4. The fraction of sp³-hybridized carbons (Fsp3) is 0.450. The molecule has 4 nitrogen and oxygen atoms in total. The number of piperazine rings is 1. The van der Waals surface area contributed by atoms with Crippen LogP contribution in [0.3, 0.4) is 0 Å². The fourth-order valence-electron chi connectivity index (χ4n) is 3.15. The van der Waals surface area contributed by atoms with Crippen LogP contribution in [0.15, 0.2) is 36.4 Å². The molecule has 1 aromatic heterocycles. The van der Waals surface area contributed by atoms with Crippen LogP contribution >= 0.6 is 11.3 Å². The zero-order valence-corrected chi connectivity index (χ0v) is 15.9. The highest BCUT2D eigenvalue weighted by Gasteiger charge is 2.19. The molecule has 0 aliphatic carbocycles. The topological polar surface area (TPSA) is 35.6 Å². The van der Waals surface area contributed by atoms with Gasteiger partial charge >= 0.3 is 0 Å². The number of amides is 1. The van der Waals surface area contributed by atoms with Gasteiger partial charge in [0.2, 0.25) is 0 Å². The Balaban J connectivity index is 1.69. The van der Waals surface area contributed by atoms with Crippen molar-refractivity contribution in [2.75, 3.05) is 38.0 Å². The molecule has 1 amide bonds. The summed E-state index contributed by atoms with van der Waals surface area (Å²) in [6, 6.07) is 11.7. The van der Waals surface area contributed by atoms with Gasteiger partial charge < -0.3 is 10.2 Å². The third kappa shape index (κ3) is 4.69. The number of rotatable bonds is 6. The van der Waals surface area contributed by atoms with Crippen molar-refractivity contribution in [3.8, 4) is 0 Å². The molecule has 1 aliphatic rings. The van der Waals surface area contributed by atoms with Crippen LogP contribution in [-0.2, 0) is 13.0 Å². The molecular weight excluding hydrogens is 330 g/mol. The quantitative estimate of drug-likeness (QED) is 0.856. The molecule has 3 rings (SSSR count). The van der Waals surface area contributed by atoms with Gasteiger partial charge in [-0.1, -0.05) is 32.0 Å². The number of nitrogens with zero attached hydrogens (tertiary/aromatic N) is 2. The molecule has 0 bridgehead atoms. The molecule has 134 valence electrons. The minimum Gasteiger partial charge on any atom is -0.313 e. The van der Waals surface area contributed by atoms with E-state index in [-0.39, 0.29) is 5.91 Å². The van der Waals surface area contributed by atoms with Crippen LogP contribution in [0.5, 0.6) is 0 Å². The number of nitrogens with one attached hydrogen (secondary N) is 1. The van der Waals surface area contributed by atoms with Gasteiger partial charge in [-0.15, -0.1) is 11.3 Å². The summed E-state index contributed by atoms with van der Waals surface area (Å²) in [5.41, 5.74) is 1.95. The van der Waals surface area contributed by atoms with Gasteiger partial charge in [-0.25, -0.2) is 0 Å². The Kier molecular flexibility index (Phi) is 6.24. The molecule has 2 heterocycles. The van der Waals surface area contributed by atoms with Crippen molar-refractivity contribution >= 4 is 22.2 Å². The minimum atomic E-state index is -0.0258. The van der Waals surface area contributed by atoms with Crippen molar-refractivity contribution < 1.29 is 4.79 Å². The molecule has 25 heavy (non-hydrogen) atoms. The second kappa shape index (κ2) is 8.61. The second-order valence-corrected chi connectivity index (χ2v) is 7.59. The van der Waals surface area contributed by atoms with E-state index in [0.29, 0.717) is 5.56 Å². The zero-order chi connectivity index (χ0) is 17.6. The number of carbonyl (C=O) groups excluding carboxylic acids is 1. The van der Waals surface area contributed by atoms with Crippen LogP contribution in [-0.4, -0.2) is 48.4 Å². The molecular formula is C20H27N3OS. The monoisotopic (exact) mass is 357 g/mol. The number of carbonyl (C=O) groups is 1. The van der Waals surface area contributed by atoms with Gasteiger partial charge in [0, 0.05) is 48.7 Å². The molecule has 1 N–H and O–H groups in total. The molecule has 5 heteroatoms. The predicted molar refractivity (Wildman–Crippen MR) is 105 cm³/mol. The smallest absolute Gasteiger partial charge is 0.256 e. The Labute approximate surface area is 154 Å². The first-order valence-electron chi connectivity index (χ1n) is 9.12. The van der Waals surface area contributed by atoms with Gasteiger partial charge in [-0.2, -0.15) is 0 Å². The first kappa shape index (κ1) is 18.1. The van der Waals surface area contributed by atoms with Gasteiger partial charge in [-0.3, -0.25) is 9.69 Å². The summed E-state index contributed by atoms with van der Waals surface area (Å²) < 4.78 is 0. The Morgan fingerprint density at radius 1 is 1.08 bits per heavy atom. The summed E-state index contributed by atoms with van der Waals surface area (Å²) in [6.45, 7) is 10.9. The summed E-state index contributed by atoms with van der Waals surface area (Å²) in [4.78, 5) is 18.8. The highest BCUT2D eigenvalue weighted by Crippen LogP contribution is 2.30. The summed E-state index contributed by atoms with van der Waals surface area (Å²) >= 11 is 1.71. The Bertz CT molecular complexity index is 690. The summed E-state index contributed by atoms with van der Waals surface area (Å²) in [5.74, 6) is -0.0258. The predicted octanol–water partition coefficient (Wildman–Crippen LogP) is 3.70. The van der Waals surface area contributed by atoms with Crippen molar-refractivity contribution in [2.45, 2.75) is 26.8 Å². The second-order valence-electron chi connectivity index (χ2n) is 6.45. The first-order chi connectivity index (χ1) is 12.2. The van der Waals surface area contributed by atoms with Crippen molar-refractivity contribution in [2.24, 2.45) is 0 Å². The lowest BCUT2D eigenvalue weighted by molar-refractivity contribution is 0.102. The Morgan fingerprint density at radius 2 is 1.76 bits per heavy atom. The van der Waals surface area contributed by atoms with E-state index >= 15 is 0 Å². The highest BCUT2D eigenvalue weighted by molar-refractivity contribution is 7.16. The van der Waals surface area contributed by atoms with Crippen LogP contribution in [0, 0.1) is 0 Å². The maximum Gasteiger partial charge on any atom is 0.256 e. The van der Waals surface area contributed by atoms with E-state index in [9.17, 15) is 4.79 Å². The molecule has 0 radical (unpaired) electrons. The van der Waals surface area contributed by atoms with Gasteiger partial charge in [-0.05, 0) is 31.2 Å². The highest BCUT2D eigenvalue weighted by atomic mass is 32.1. The molecule has 0 atom stereocenters. The van der Waals surface area contributed by atoms with Crippen LogP contribution in [0.2, 0.25) is 0 Å². The number of anilines is 1. The molecule has 0 unspecified atom stereocenters. The largest absolute Gasteiger partial charge is 0.313 e. The van der Waals surface area contributed by atoms with Gasteiger partial charge in [0.25, 0.3) is 5.91 Å². The van der Waals surface area contributed by atoms with Crippen LogP contribution in [0.1, 0.15) is 34.6 Å². The number of thiophene rings is 1. The number of aryl methyl sites for hydroxylation is 1. The SMILES string of the molecule is CCc1cc(CN2CCN(CC)CC2)c(NC(=O)c2ccccc2)s1.